The van der Waals surface area contributed by atoms with E-state index < -0.39 is 0 Å². The fraction of sp³-hybridized carbons (Fsp3) is 0.615. The maximum absolute atomic E-state index is 5.61. The molecule has 19 heavy (non-hydrogen) atoms. The Balaban J connectivity index is 1.98. The highest BCUT2D eigenvalue weighted by Gasteiger charge is 2.41. The van der Waals surface area contributed by atoms with Crippen molar-refractivity contribution in [3.63, 3.8) is 0 Å². The van der Waals surface area contributed by atoms with E-state index in [0.717, 1.165) is 25.3 Å². The Morgan fingerprint density at radius 2 is 2.26 bits per heavy atom. The van der Waals surface area contributed by atoms with E-state index in [9.17, 15) is 0 Å². The third-order valence-electron chi connectivity index (χ3n) is 3.52. The highest BCUT2D eigenvalue weighted by molar-refractivity contribution is 7.80. The molecule has 1 aliphatic carbocycles. The molecule has 1 aromatic heterocycles. The molecule has 0 spiro atoms. The van der Waals surface area contributed by atoms with Crippen molar-refractivity contribution in [1.82, 2.24) is 9.97 Å². The highest BCUT2D eigenvalue weighted by Crippen LogP contribution is 2.48. The SMILES string of the molecule is COCCC1(CNc2nc(C)cc(C(N)=S)n2)CC1. The number of aryl methyl sites for hydroxylation is 1. The Bertz CT molecular complexity index is 474. The number of rotatable bonds is 7. The molecule has 0 aromatic carbocycles. The molecule has 1 aliphatic rings. The summed E-state index contributed by atoms with van der Waals surface area (Å²) in [7, 11) is 1.74. The van der Waals surface area contributed by atoms with Crippen molar-refractivity contribution in [3.05, 3.63) is 17.5 Å². The number of nitrogens with two attached hydrogens (primary N) is 1. The minimum Gasteiger partial charge on any atom is -0.388 e. The Morgan fingerprint density at radius 3 is 2.84 bits per heavy atom. The molecular formula is C13H20N4OS. The van der Waals surface area contributed by atoms with Crippen LogP contribution in [0.3, 0.4) is 0 Å². The minimum absolute atomic E-state index is 0.300. The average Bonchev–Trinajstić information content (AvgIpc) is 3.14. The van der Waals surface area contributed by atoms with Gasteiger partial charge in [-0.1, -0.05) is 12.2 Å². The number of nitrogens with one attached hydrogen (secondary N) is 1. The van der Waals surface area contributed by atoms with Gasteiger partial charge in [0.05, 0.1) is 0 Å². The number of nitrogens with zero attached hydrogens (tertiary/aromatic N) is 2. The molecule has 0 aliphatic heterocycles. The molecule has 0 saturated heterocycles. The zero-order valence-corrected chi connectivity index (χ0v) is 12.2. The van der Waals surface area contributed by atoms with Crippen molar-refractivity contribution in [2.45, 2.75) is 26.2 Å². The lowest BCUT2D eigenvalue weighted by molar-refractivity contribution is 0.174. The standard InChI is InChI=1S/C13H20N4OS/c1-9-7-10(11(14)19)17-12(16-9)15-8-13(3-4-13)5-6-18-2/h7H,3-6,8H2,1-2H3,(H2,14,19)(H,15,16,17). The lowest BCUT2D eigenvalue weighted by Gasteiger charge is -2.15. The quantitative estimate of drug-likeness (QED) is 0.740. The Hall–Kier alpha value is -1.27. The molecule has 0 amide bonds. The Morgan fingerprint density at radius 1 is 1.53 bits per heavy atom. The first-order valence-electron chi connectivity index (χ1n) is 6.43. The van der Waals surface area contributed by atoms with Crippen LogP contribution in [0.15, 0.2) is 6.07 Å². The number of methoxy groups -OCH3 is 1. The van der Waals surface area contributed by atoms with E-state index in [2.05, 4.69) is 15.3 Å². The largest absolute Gasteiger partial charge is 0.388 e. The summed E-state index contributed by atoms with van der Waals surface area (Å²) in [6.45, 7) is 3.58. The number of ether oxygens (including phenoxy) is 1. The van der Waals surface area contributed by atoms with Gasteiger partial charge in [0, 0.05) is 26.0 Å². The second-order valence-electron chi connectivity index (χ2n) is 5.18. The third kappa shape index (κ3) is 3.84. The third-order valence-corrected chi connectivity index (χ3v) is 3.73. The van der Waals surface area contributed by atoms with Crippen molar-refractivity contribution in [2.24, 2.45) is 11.1 Å². The van der Waals surface area contributed by atoms with E-state index in [-0.39, 0.29) is 0 Å². The van der Waals surface area contributed by atoms with Gasteiger partial charge >= 0.3 is 0 Å². The van der Waals surface area contributed by atoms with Crippen molar-refractivity contribution in [2.75, 3.05) is 25.6 Å². The molecule has 6 heteroatoms. The molecule has 1 fully saturated rings. The summed E-state index contributed by atoms with van der Waals surface area (Å²) in [6.07, 6.45) is 3.54. The number of aromatic nitrogens is 2. The van der Waals surface area contributed by atoms with Crippen molar-refractivity contribution < 1.29 is 4.74 Å². The van der Waals surface area contributed by atoms with E-state index in [1.54, 1.807) is 13.2 Å². The van der Waals surface area contributed by atoms with Crippen molar-refractivity contribution in [1.29, 1.82) is 0 Å². The number of thiocarbonyl (C=S) groups is 1. The van der Waals surface area contributed by atoms with Crippen LogP contribution in [0.5, 0.6) is 0 Å². The average molecular weight is 280 g/mol. The molecular weight excluding hydrogens is 260 g/mol. The molecule has 1 heterocycles. The summed E-state index contributed by atoms with van der Waals surface area (Å²) in [5, 5.41) is 3.30. The first-order chi connectivity index (χ1) is 9.04. The predicted octanol–water partition coefficient (Wildman–Crippen LogP) is 1.65. The fourth-order valence-corrected chi connectivity index (χ4v) is 2.16. The van der Waals surface area contributed by atoms with Crippen LogP contribution in [-0.4, -0.2) is 35.2 Å². The van der Waals surface area contributed by atoms with Crippen LogP contribution in [0.2, 0.25) is 0 Å². The van der Waals surface area contributed by atoms with Crippen molar-refractivity contribution in [3.8, 4) is 0 Å². The lowest BCUT2D eigenvalue weighted by atomic mass is 10.0. The normalized spacial score (nSPS) is 16.1. The molecule has 104 valence electrons. The van der Waals surface area contributed by atoms with Crippen LogP contribution in [0.1, 0.15) is 30.7 Å². The second-order valence-corrected chi connectivity index (χ2v) is 5.62. The first kappa shape index (κ1) is 14.1. The molecule has 0 unspecified atom stereocenters. The number of hydrogen-bond acceptors (Lipinski definition) is 5. The molecule has 3 N–H and O–H groups in total. The summed E-state index contributed by atoms with van der Waals surface area (Å²) < 4.78 is 5.15. The van der Waals surface area contributed by atoms with E-state index in [1.165, 1.54) is 12.8 Å². The van der Waals surface area contributed by atoms with Gasteiger partial charge in [-0.25, -0.2) is 9.97 Å². The van der Waals surface area contributed by atoms with Gasteiger partial charge in [-0.05, 0) is 37.7 Å². The van der Waals surface area contributed by atoms with Gasteiger partial charge in [0.25, 0.3) is 0 Å². The Labute approximate surface area is 119 Å². The van der Waals surface area contributed by atoms with E-state index in [1.807, 2.05) is 6.92 Å². The highest BCUT2D eigenvalue weighted by atomic mass is 32.1. The van der Waals surface area contributed by atoms with Crippen LogP contribution in [-0.2, 0) is 4.74 Å². The lowest BCUT2D eigenvalue weighted by Crippen LogP contribution is -2.20. The summed E-state index contributed by atoms with van der Waals surface area (Å²) in [5.41, 5.74) is 7.44. The molecule has 0 radical (unpaired) electrons. The van der Waals surface area contributed by atoms with E-state index in [0.29, 0.717) is 22.0 Å². The molecule has 0 bridgehead atoms. The van der Waals surface area contributed by atoms with Gasteiger partial charge in [0.2, 0.25) is 5.95 Å². The molecule has 5 nitrogen and oxygen atoms in total. The zero-order valence-electron chi connectivity index (χ0n) is 11.4. The fourth-order valence-electron chi connectivity index (χ4n) is 2.05. The number of anilines is 1. The van der Waals surface area contributed by atoms with Gasteiger partial charge < -0.3 is 15.8 Å². The van der Waals surface area contributed by atoms with Gasteiger partial charge in [-0.2, -0.15) is 0 Å². The number of hydrogen-bond donors (Lipinski definition) is 2. The van der Waals surface area contributed by atoms with E-state index in [4.69, 9.17) is 22.7 Å². The minimum atomic E-state index is 0.300. The van der Waals surface area contributed by atoms with Crippen LogP contribution >= 0.6 is 12.2 Å². The summed E-state index contributed by atoms with van der Waals surface area (Å²) >= 11 is 4.95. The van der Waals surface area contributed by atoms with Gasteiger partial charge in [-0.15, -0.1) is 0 Å². The summed E-state index contributed by atoms with van der Waals surface area (Å²) in [6, 6.07) is 1.80. The van der Waals surface area contributed by atoms with Crippen LogP contribution < -0.4 is 11.1 Å². The van der Waals surface area contributed by atoms with Gasteiger partial charge in [0.15, 0.2) is 0 Å². The first-order valence-corrected chi connectivity index (χ1v) is 6.84. The van der Waals surface area contributed by atoms with Crippen LogP contribution in [0, 0.1) is 12.3 Å². The molecule has 1 aromatic rings. The molecule has 2 rings (SSSR count). The summed E-state index contributed by atoms with van der Waals surface area (Å²) in [4.78, 5) is 8.98. The van der Waals surface area contributed by atoms with Gasteiger partial charge in [0.1, 0.15) is 10.7 Å². The van der Waals surface area contributed by atoms with E-state index >= 15 is 0 Å². The molecule has 0 atom stereocenters. The zero-order chi connectivity index (χ0) is 13.9. The second kappa shape index (κ2) is 5.79. The van der Waals surface area contributed by atoms with Crippen LogP contribution in [0.4, 0.5) is 5.95 Å². The monoisotopic (exact) mass is 280 g/mol. The topological polar surface area (TPSA) is 73.1 Å². The van der Waals surface area contributed by atoms with Crippen LogP contribution in [0.25, 0.3) is 0 Å². The molecule has 1 saturated carbocycles. The smallest absolute Gasteiger partial charge is 0.223 e. The maximum atomic E-state index is 5.61. The Kier molecular flexibility index (Phi) is 4.31. The maximum Gasteiger partial charge on any atom is 0.223 e. The van der Waals surface area contributed by atoms with Crippen molar-refractivity contribution >= 4 is 23.2 Å². The van der Waals surface area contributed by atoms with Gasteiger partial charge in [-0.3, -0.25) is 0 Å². The predicted molar refractivity (Wildman–Crippen MR) is 79.3 cm³/mol. The summed E-state index contributed by atoms with van der Waals surface area (Å²) in [5.74, 6) is 0.603.